The topological polar surface area (TPSA) is 43.6 Å². The molecule has 0 saturated heterocycles. The van der Waals surface area contributed by atoms with E-state index < -0.39 is 0 Å². The van der Waals surface area contributed by atoms with Crippen LogP contribution in [-0.4, -0.2) is 17.8 Å². The van der Waals surface area contributed by atoms with Crippen molar-refractivity contribution in [2.75, 3.05) is 7.11 Å². The zero-order chi connectivity index (χ0) is 12.8. The highest BCUT2D eigenvalue weighted by molar-refractivity contribution is 5.90. The summed E-state index contributed by atoms with van der Waals surface area (Å²) in [5, 5.41) is 1.10. The zero-order valence-corrected chi connectivity index (χ0v) is 10.4. The minimum Gasteiger partial charge on any atom is -0.495 e. The van der Waals surface area contributed by atoms with Crippen LogP contribution in [0.5, 0.6) is 5.75 Å². The summed E-state index contributed by atoms with van der Waals surface area (Å²) in [6, 6.07) is 6.00. The van der Waals surface area contributed by atoms with E-state index in [9.17, 15) is 4.79 Å². The molecular weight excluding hydrogens is 228 g/mol. The van der Waals surface area contributed by atoms with Crippen LogP contribution < -0.4 is 4.74 Å². The van der Waals surface area contributed by atoms with Crippen LogP contribution in [0.25, 0.3) is 10.9 Å². The van der Waals surface area contributed by atoms with Crippen molar-refractivity contribution >= 4 is 17.0 Å². The van der Waals surface area contributed by atoms with Gasteiger partial charge >= 0.3 is 0 Å². The highest BCUT2D eigenvalue weighted by Crippen LogP contribution is 2.52. The summed E-state index contributed by atoms with van der Waals surface area (Å²) >= 11 is 0. The molecule has 1 aromatic heterocycles. The zero-order valence-electron chi connectivity index (χ0n) is 10.4. The van der Waals surface area contributed by atoms with Gasteiger partial charge in [0.25, 0.3) is 0 Å². The molecule has 0 bridgehead atoms. The van der Waals surface area contributed by atoms with Crippen molar-refractivity contribution < 1.29 is 9.53 Å². The lowest BCUT2D eigenvalue weighted by Gasteiger charge is -2.12. The Morgan fingerprint density at radius 2 is 2.17 bits per heavy atom. The van der Waals surface area contributed by atoms with Gasteiger partial charge in [0.15, 0.2) is 0 Å². The first kappa shape index (κ1) is 11.1. The maximum atomic E-state index is 10.6. The van der Waals surface area contributed by atoms with Crippen LogP contribution >= 0.6 is 0 Å². The van der Waals surface area contributed by atoms with Crippen LogP contribution in [0.4, 0.5) is 0 Å². The Morgan fingerprint density at radius 3 is 2.78 bits per heavy atom. The van der Waals surface area contributed by atoms with E-state index in [1.807, 2.05) is 36.0 Å². The van der Waals surface area contributed by atoms with Crippen LogP contribution in [0.3, 0.4) is 0 Å². The first-order chi connectivity index (χ1) is 8.72. The van der Waals surface area contributed by atoms with E-state index in [1.54, 1.807) is 13.2 Å². The average molecular weight is 242 g/mol. The van der Waals surface area contributed by atoms with Gasteiger partial charge in [0.05, 0.1) is 18.2 Å². The van der Waals surface area contributed by atoms with Gasteiger partial charge in [-0.2, -0.15) is 4.99 Å². The molecule has 92 valence electrons. The van der Waals surface area contributed by atoms with Crippen LogP contribution in [0.1, 0.15) is 18.4 Å². The van der Waals surface area contributed by atoms with Crippen LogP contribution in [0.15, 0.2) is 29.4 Å². The van der Waals surface area contributed by atoms with Crippen molar-refractivity contribution in [1.82, 2.24) is 4.57 Å². The molecule has 0 N–H and O–H groups in total. The molecule has 4 nitrogen and oxygen atoms in total. The standard InChI is InChI=1S/C14H14N2O2/c1-16-8-5-10-11(14(6-7-14)15-9-17)3-4-12(18-2)13(10)16/h3-5,8H,6-7H2,1-2H3. The van der Waals surface area contributed by atoms with Gasteiger partial charge in [0, 0.05) is 18.6 Å². The molecule has 1 saturated carbocycles. The minimum atomic E-state index is -0.340. The second-order valence-corrected chi connectivity index (χ2v) is 4.74. The molecule has 4 heteroatoms. The predicted octanol–water partition coefficient (Wildman–Crippen LogP) is 2.51. The molecule has 1 aromatic carbocycles. The Morgan fingerprint density at radius 1 is 1.39 bits per heavy atom. The molecule has 0 amide bonds. The lowest BCUT2D eigenvalue weighted by molar-refractivity contribution is 0.417. The lowest BCUT2D eigenvalue weighted by atomic mass is 10.0. The molecule has 0 atom stereocenters. The number of ether oxygens (including phenoxy) is 1. The largest absolute Gasteiger partial charge is 0.495 e. The van der Waals surface area contributed by atoms with Gasteiger partial charge in [-0.05, 0) is 30.5 Å². The first-order valence-electron chi connectivity index (χ1n) is 5.93. The van der Waals surface area contributed by atoms with Gasteiger partial charge in [0.2, 0.25) is 6.08 Å². The Labute approximate surface area is 105 Å². The lowest BCUT2D eigenvalue weighted by Crippen LogP contribution is -2.03. The summed E-state index contributed by atoms with van der Waals surface area (Å²) < 4.78 is 7.41. The molecule has 1 aliphatic carbocycles. The number of methoxy groups -OCH3 is 1. The van der Waals surface area contributed by atoms with Gasteiger partial charge in [-0.15, -0.1) is 0 Å². The summed E-state index contributed by atoms with van der Waals surface area (Å²) in [7, 11) is 3.65. The van der Waals surface area contributed by atoms with E-state index in [4.69, 9.17) is 4.74 Å². The van der Waals surface area contributed by atoms with Crippen LogP contribution in [-0.2, 0) is 17.4 Å². The number of rotatable bonds is 3. The van der Waals surface area contributed by atoms with Crippen LogP contribution in [0, 0.1) is 0 Å². The Hall–Kier alpha value is -2.06. The van der Waals surface area contributed by atoms with Gasteiger partial charge in [-0.3, -0.25) is 0 Å². The minimum absolute atomic E-state index is 0.340. The fraction of sp³-hybridized carbons (Fsp3) is 0.357. The second kappa shape index (κ2) is 3.72. The van der Waals surface area contributed by atoms with Crippen molar-refractivity contribution in [2.45, 2.75) is 18.4 Å². The average Bonchev–Trinajstić information content (AvgIpc) is 3.06. The fourth-order valence-electron chi connectivity index (χ4n) is 2.60. The smallest absolute Gasteiger partial charge is 0.235 e. The van der Waals surface area contributed by atoms with E-state index in [0.717, 1.165) is 35.1 Å². The van der Waals surface area contributed by atoms with Crippen molar-refractivity contribution in [3.63, 3.8) is 0 Å². The van der Waals surface area contributed by atoms with Crippen molar-refractivity contribution in [2.24, 2.45) is 12.0 Å². The number of carbonyl (C=O) groups excluding carboxylic acids is 1. The predicted molar refractivity (Wildman–Crippen MR) is 68.5 cm³/mol. The number of isocyanates is 1. The first-order valence-corrected chi connectivity index (χ1v) is 5.93. The number of nitrogens with zero attached hydrogens (tertiary/aromatic N) is 2. The van der Waals surface area contributed by atoms with Crippen LogP contribution in [0.2, 0.25) is 0 Å². The van der Waals surface area contributed by atoms with E-state index in [0.29, 0.717) is 0 Å². The second-order valence-electron chi connectivity index (χ2n) is 4.74. The number of fused-ring (bicyclic) bond motifs is 1. The van der Waals surface area contributed by atoms with E-state index in [-0.39, 0.29) is 5.54 Å². The van der Waals surface area contributed by atoms with Crippen molar-refractivity contribution in [3.05, 3.63) is 30.0 Å². The number of aromatic nitrogens is 1. The normalized spacial score (nSPS) is 16.3. The van der Waals surface area contributed by atoms with Crippen molar-refractivity contribution in [3.8, 4) is 5.75 Å². The van der Waals surface area contributed by atoms with Gasteiger partial charge in [0.1, 0.15) is 5.75 Å². The molecular formula is C14H14N2O2. The number of hydrogen-bond acceptors (Lipinski definition) is 3. The quantitative estimate of drug-likeness (QED) is 0.613. The molecule has 3 rings (SSSR count). The van der Waals surface area contributed by atoms with E-state index >= 15 is 0 Å². The Kier molecular flexibility index (Phi) is 2.28. The summed E-state index contributed by atoms with van der Waals surface area (Å²) in [6.45, 7) is 0. The fourth-order valence-corrected chi connectivity index (χ4v) is 2.60. The number of benzene rings is 1. The molecule has 18 heavy (non-hydrogen) atoms. The SMILES string of the molecule is COc1ccc(C2(N=C=O)CC2)c2ccn(C)c12. The summed E-state index contributed by atoms with van der Waals surface area (Å²) in [5.41, 5.74) is 1.80. The van der Waals surface area contributed by atoms with E-state index in [1.165, 1.54) is 0 Å². The number of aryl methyl sites for hydroxylation is 1. The van der Waals surface area contributed by atoms with Gasteiger partial charge in [-0.25, -0.2) is 4.79 Å². The summed E-state index contributed by atoms with van der Waals surface area (Å²) in [4.78, 5) is 14.6. The molecule has 0 radical (unpaired) electrons. The molecule has 0 spiro atoms. The highest BCUT2D eigenvalue weighted by atomic mass is 16.5. The maximum Gasteiger partial charge on any atom is 0.235 e. The number of aliphatic imine (C=N–C) groups is 1. The summed E-state index contributed by atoms with van der Waals surface area (Å²) in [6.07, 6.45) is 5.53. The molecule has 1 fully saturated rings. The van der Waals surface area contributed by atoms with Crippen molar-refractivity contribution in [1.29, 1.82) is 0 Å². The third-order valence-corrected chi connectivity index (χ3v) is 3.70. The molecule has 1 aliphatic rings. The maximum absolute atomic E-state index is 10.6. The number of hydrogen-bond donors (Lipinski definition) is 0. The monoisotopic (exact) mass is 242 g/mol. The summed E-state index contributed by atoms with van der Waals surface area (Å²) in [5.74, 6) is 0.840. The molecule has 0 aliphatic heterocycles. The molecule has 0 unspecified atom stereocenters. The van der Waals surface area contributed by atoms with Gasteiger partial charge < -0.3 is 9.30 Å². The molecule has 2 aromatic rings. The van der Waals surface area contributed by atoms with Gasteiger partial charge in [-0.1, -0.05) is 6.07 Å². The third-order valence-electron chi connectivity index (χ3n) is 3.70. The third kappa shape index (κ3) is 1.39. The van der Waals surface area contributed by atoms with E-state index in [2.05, 4.69) is 4.99 Å². The Bertz CT molecular complexity index is 662. The highest BCUT2D eigenvalue weighted by Gasteiger charge is 2.46. The molecule has 1 heterocycles. The Balaban J connectivity index is 2.30.